The Bertz CT molecular complexity index is 708. The molecule has 6 nitrogen and oxygen atoms in total. The summed E-state index contributed by atoms with van der Waals surface area (Å²) in [4.78, 5) is 19.5. The zero-order valence-corrected chi connectivity index (χ0v) is 19.6. The van der Waals surface area contributed by atoms with Crippen LogP contribution in [-0.2, 0) is 6.42 Å². The van der Waals surface area contributed by atoms with Gasteiger partial charge in [0.25, 0.3) is 0 Å². The van der Waals surface area contributed by atoms with Crippen LogP contribution in [0.5, 0.6) is 5.88 Å². The average molecular weight is 462 g/mol. The lowest BCUT2D eigenvalue weighted by Crippen LogP contribution is -2.27. The molecule has 29 heavy (non-hydrogen) atoms. The van der Waals surface area contributed by atoms with Gasteiger partial charge < -0.3 is 9.64 Å². The van der Waals surface area contributed by atoms with Crippen molar-refractivity contribution in [1.29, 1.82) is 0 Å². The average Bonchev–Trinajstić information content (AvgIpc) is 3.26. The number of anilines is 1. The van der Waals surface area contributed by atoms with Crippen LogP contribution in [0.1, 0.15) is 40.2 Å². The van der Waals surface area contributed by atoms with Crippen molar-refractivity contribution in [3.8, 4) is 18.7 Å². The molecule has 0 N–H and O–H groups in total. The molecule has 1 aliphatic heterocycles. The standard InChI is InChI=1S/C16H18BrN5O.2C2H6.C2H2/c1-2-10-3-20-16(21-4-10)22-7-11-12(8-22)13(11)9-23-15-6-18-14(17)5-19-15;3*1-2/h3-6,11-13H,2,7-9H2,1H3;2*1-2H3;1-2H. The minimum atomic E-state index is 0.591. The van der Waals surface area contributed by atoms with Gasteiger partial charge in [0.05, 0.1) is 19.0 Å². The van der Waals surface area contributed by atoms with E-state index in [1.54, 1.807) is 12.4 Å². The summed E-state index contributed by atoms with van der Waals surface area (Å²) in [5.41, 5.74) is 1.18. The number of terminal acetylenes is 1. The Morgan fingerprint density at radius 1 is 0.966 bits per heavy atom. The number of ether oxygens (including phenoxy) is 1. The fourth-order valence-electron chi connectivity index (χ4n) is 3.31. The number of halogens is 1. The monoisotopic (exact) mass is 461 g/mol. The summed E-state index contributed by atoms with van der Waals surface area (Å²) in [6.07, 6.45) is 16.1. The molecule has 158 valence electrons. The molecule has 2 atom stereocenters. The minimum absolute atomic E-state index is 0.591. The first-order chi connectivity index (χ1) is 14.2. The summed E-state index contributed by atoms with van der Waals surface area (Å²) < 4.78 is 6.47. The second-order valence-electron chi connectivity index (χ2n) is 6.13. The number of aryl methyl sites for hydroxylation is 1. The molecule has 3 heterocycles. The number of rotatable bonds is 5. The van der Waals surface area contributed by atoms with Gasteiger partial charge in [-0.05, 0) is 39.8 Å². The Labute approximate surface area is 183 Å². The highest BCUT2D eigenvalue weighted by molar-refractivity contribution is 9.10. The fraction of sp³-hybridized carbons (Fsp3) is 0.545. The maximum Gasteiger partial charge on any atom is 0.232 e. The number of aromatic nitrogens is 4. The summed E-state index contributed by atoms with van der Waals surface area (Å²) in [7, 11) is 0. The second kappa shape index (κ2) is 13.1. The molecule has 0 radical (unpaired) electrons. The normalized spacial score (nSPS) is 20.6. The highest BCUT2D eigenvalue weighted by atomic mass is 79.9. The number of nitrogens with zero attached hydrogens (tertiary/aromatic N) is 5. The number of hydrogen-bond acceptors (Lipinski definition) is 6. The Morgan fingerprint density at radius 2 is 1.55 bits per heavy atom. The lowest BCUT2D eigenvalue weighted by molar-refractivity contribution is 0.271. The maximum absolute atomic E-state index is 5.75. The van der Waals surface area contributed by atoms with E-state index in [0.29, 0.717) is 23.6 Å². The zero-order valence-electron chi connectivity index (χ0n) is 18.0. The van der Waals surface area contributed by atoms with Gasteiger partial charge in [-0.3, -0.25) is 0 Å². The summed E-state index contributed by atoms with van der Waals surface area (Å²) in [5.74, 6) is 3.44. The lowest BCUT2D eigenvalue weighted by atomic mass is 10.3. The molecule has 2 aromatic heterocycles. The summed E-state index contributed by atoms with van der Waals surface area (Å²) >= 11 is 3.27. The quantitative estimate of drug-likeness (QED) is 0.603. The van der Waals surface area contributed by atoms with Gasteiger partial charge in [-0.1, -0.05) is 34.6 Å². The first-order valence-corrected chi connectivity index (χ1v) is 11.0. The molecule has 7 heteroatoms. The maximum atomic E-state index is 5.75. The first kappa shape index (κ1) is 24.8. The van der Waals surface area contributed by atoms with Crippen molar-refractivity contribution in [2.45, 2.75) is 41.0 Å². The van der Waals surface area contributed by atoms with E-state index in [2.05, 4.69) is 60.5 Å². The lowest BCUT2D eigenvalue weighted by Gasteiger charge is -2.19. The molecule has 0 aromatic carbocycles. The Kier molecular flexibility index (Phi) is 11.2. The van der Waals surface area contributed by atoms with Crippen LogP contribution >= 0.6 is 15.9 Å². The number of hydrogen-bond donors (Lipinski definition) is 0. The van der Waals surface area contributed by atoms with E-state index in [-0.39, 0.29) is 0 Å². The van der Waals surface area contributed by atoms with Gasteiger partial charge in [0.15, 0.2) is 0 Å². The van der Waals surface area contributed by atoms with Crippen LogP contribution in [0.3, 0.4) is 0 Å². The van der Waals surface area contributed by atoms with E-state index in [9.17, 15) is 0 Å². The van der Waals surface area contributed by atoms with Gasteiger partial charge in [-0.2, -0.15) is 0 Å². The largest absolute Gasteiger partial charge is 0.476 e. The Morgan fingerprint density at radius 3 is 2.03 bits per heavy atom. The van der Waals surface area contributed by atoms with Crippen LogP contribution in [0.25, 0.3) is 0 Å². The van der Waals surface area contributed by atoms with Gasteiger partial charge in [0.1, 0.15) is 4.60 Å². The van der Waals surface area contributed by atoms with Crippen LogP contribution in [0.2, 0.25) is 0 Å². The molecule has 1 saturated carbocycles. The topological polar surface area (TPSA) is 64.0 Å². The van der Waals surface area contributed by atoms with E-state index < -0.39 is 0 Å². The highest BCUT2D eigenvalue weighted by Gasteiger charge is 2.56. The first-order valence-electron chi connectivity index (χ1n) is 10.2. The molecule has 0 amide bonds. The van der Waals surface area contributed by atoms with Crippen molar-refractivity contribution >= 4 is 21.9 Å². The molecule has 2 aromatic rings. The molecular formula is C22H32BrN5O. The molecule has 0 bridgehead atoms. The summed E-state index contributed by atoms with van der Waals surface area (Å²) in [6.45, 7) is 12.9. The van der Waals surface area contributed by atoms with E-state index in [1.807, 2.05) is 40.1 Å². The van der Waals surface area contributed by atoms with Crippen LogP contribution in [-0.4, -0.2) is 39.6 Å². The Hall–Kier alpha value is -2.20. The molecule has 2 aliphatic rings. The van der Waals surface area contributed by atoms with Gasteiger partial charge >= 0.3 is 0 Å². The zero-order chi connectivity index (χ0) is 21.8. The third-order valence-corrected chi connectivity index (χ3v) is 5.18. The molecule has 2 unspecified atom stereocenters. The molecule has 1 saturated heterocycles. The predicted octanol–water partition coefficient (Wildman–Crippen LogP) is 4.65. The smallest absolute Gasteiger partial charge is 0.232 e. The van der Waals surface area contributed by atoms with Crippen molar-refractivity contribution in [2.75, 3.05) is 24.6 Å². The van der Waals surface area contributed by atoms with Gasteiger partial charge in [0.2, 0.25) is 11.8 Å². The van der Waals surface area contributed by atoms with Crippen LogP contribution in [0.15, 0.2) is 29.4 Å². The number of fused-ring (bicyclic) bond motifs is 1. The van der Waals surface area contributed by atoms with Crippen LogP contribution < -0.4 is 9.64 Å². The van der Waals surface area contributed by atoms with Crippen molar-refractivity contribution < 1.29 is 4.74 Å². The molecular weight excluding hydrogens is 430 g/mol. The van der Waals surface area contributed by atoms with Gasteiger partial charge in [-0.25, -0.2) is 19.9 Å². The third kappa shape index (κ3) is 6.67. The molecule has 2 fully saturated rings. The SMILES string of the molecule is C#C.CC.CC.CCc1cnc(N2CC3C(COc4cnc(Br)cn4)C3C2)nc1. The Balaban J connectivity index is 0.000000644. The van der Waals surface area contributed by atoms with Gasteiger partial charge in [-0.15, -0.1) is 12.8 Å². The fourth-order valence-corrected chi connectivity index (χ4v) is 3.52. The van der Waals surface area contributed by atoms with Crippen molar-refractivity contribution in [1.82, 2.24) is 19.9 Å². The molecule has 1 aliphatic carbocycles. The van der Waals surface area contributed by atoms with Crippen molar-refractivity contribution in [3.63, 3.8) is 0 Å². The van der Waals surface area contributed by atoms with Crippen molar-refractivity contribution in [3.05, 3.63) is 35.0 Å². The van der Waals surface area contributed by atoms with Gasteiger partial charge in [0, 0.05) is 31.4 Å². The van der Waals surface area contributed by atoms with E-state index in [4.69, 9.17) is 4.74 Å². The van der Waals surface area contributed by atoms with Crippen molar-refractivity contribution in [2.24, 2.45) is 17.8 Å². The van der Waals surface area contributed by atoms with E-state index >= 15 is 0 Å². The summed E-state index contributed by atoms with van der Waals surface area (Å²) in [6, 6.07) is 0. The summed E-state index contributed by atoms with van der Waals surface area (Å²) in [5, 5.41) is 0. The molecule has 4 rings (SSSR count). The van der Waals surface area contributed by atoms with Crippen LogP contribution in [0, 0.1) is 30.6 Å². The third-order valence-electron chi connectivity index (χ3n) is 4.77. The number of piperidine rings is 1. The van der Waals surface area contributed by atoms with E-state index in [1.165, 1.54) is 5.56 Å². The molecule has 0 spiro atoms. The second-order valence-corrected chi connectivity index (χ2v) is 6.94. The minimum Gasteiger partial charge on any atom is -0.476 e. The highest BCUT2D eigenvalue weighted by Crippen LogP contribution is 2.52. The van der Waals surface area contributed by atoms with E-state index in [0.717, 1.165) is 36.7 Å². The van der Waals surface area contributed by atoms with Crippen LogP contribution in [0.4, 0.5) is 5.95 Å². The predicted molar refractivity (Wildman–Crippen MR) is 122 cm³/mol.